The molecule has 1 aromatic rings. The zero-order valence-electron chi connectivity index (χ0n) is 11.4. The van der Waals surface area contributed by atoms with E-state index in [-0.39, 0.29) is 18.2 Å². The fourth-order valence-electron chi connectivity index (χ4n) is 1.84. The van der Waals surface area contributed by atoms with Gasteiger partial charge >= 0.3 is 0 Å². The van der Waals surface area contributed by atoms with Crippen molar-refractivity contribution in [3.8, 4) is 0 Å². The van der Waals surface area contributed by atoms with Crippen LogP contribution in [-0.2, 0) is 4.79 Å². The summed E-state index contributed by atoms with van der Waals surface area (Å²) in [5, 5.41) is 23.4. The Morgan fingerprint density at radius 3 is 2.35 bits per heavy atom. The van der Waals surface area contributed by atoms with Crippen LogP contribution in [0.5, 0.6) is 0 Å². The van der Waals surface area contributed by atoms with E-state index < -0.39 is 23.0 Å². The number of aliphatic hydroxyl groups is 1. The highest BCUT2D eigenvalue weighted by molar-refractivity contribution is 5.80. The number of nitro groups is 1. The van der Waals surface area contributed by atoms with E-state index in [0.29, 0.717) is 5.56 Å². The van der Waals surface area contributed by atoms with Crippen molar-refractivity contribution in [1.29, 1.82) is 0 Å². The lowest BCUT2D eigenvalue weighted by Gasteiger charge is -2.21. The van der Waals surface area contributed by atoms with Gasteiger partial charge in [0.05, 0.1) is 17.1 Å². The van der Waals surface area contributed by atoms with Crippen molar-refractivity contribution >= 4 is 11.6 Å². The molecule has 0 bridgehead atoms. The minimum absolute atomic E-state index is 0.0107. The molecule has 0 heterocycles. The molecule has 0 saturated carbocycles. The molecule has 1 rings (SSSR count). The molecule has 0 aliphatic heterocycles. The minimum atomic E-state index is -0.864. The van der Waals surface area contributed by atoms with E-state index in [2.05, 4.69) is 5.32 Å². The largest absolute Gasteiger partial charge is 0.387 e. The number of primary amides is 1. The van der Waals surface area contributed by atoms with Crippen LogP contribution in [-0.4, -0.2) is 28.5 Å². The lowest BCUT2D eigenvalue weighted by molar-refractivity contribution is -0.384. The monoisotopic (exact) mass is 281 g/mol. The highest BCUT2D eigenvalue weighted by Crippen LogP contribution is 2.17. The van der Waals surface area contributed by atoms with E-state index >= 15 is 0 Å². The second kappa shape index (κ2) is 6.97. The Hall–Kier alpha value is -1.99. The van der Waals surface area contributed by atoms with Gasteiger partial charge in [0, 0.05) is 18.7 Å². The SMILES string of the molecule is CC(C)C(NCC(O)c1ccc([N+](=O)[O-])cc1)C(N)=O. The summed E-state index contributed by atoms with van der Waals surface area (Å²) in [7, 11) is 0. The van der Waals surface area contributed by atoms with Crippen LogP contribution in [0.3, 0.4) is 0 Å². The molecule has 7 heteroatoms. The Kier molecular flexibility index (Phi) is 5.60. The van der Waals surface area contributed by atoms with Gasteiger partial charge < -0.3 is 16.2 Å². The lowest BCUT2D eigenvalue weighted by Crippen LogP contribution is -2.46. The smallest absolute Gasteiger partial charge is 0.269 e. The van der Waals surface area contributed by atoms with Crippen LogP contribution in [0.25, 0.3) is 0 Å². The first kappa shape index (κ1) is 16.1. The average Bonchev–Trinajstić information content (AvgIpc) is 2.38. The van der Waals surface area contributed by atoms with Crippen molar-refractivity contribution < 1.29 is 14.8 Å². The highest BCUT2D eigenvalue weighted by atomic mass is 16.6. The summed E-state index contributed by atoms with van der Waals surface area (Å²) in [5.74, 6) is -0.465. The lowest BCUT2D eigenvalue weighted by atomic mass is 10.0. The first-order valence-electron chi connectivity index (χ1n) is 6.28. The second-order valence-electron chi connectivity index (χ2n) is 4.90. The molecule has 7 nitrogen and oxygen atoms in total. The molecule has 0 aromatic heterocycles. The number of benzene rings is 1. The van der Waals surface area contributed by atoms with Crippen molar-refractivity contribution in [3.05, 3.63) is 39.9 Å². The summed E-state index contributed by atoms with van der Waals surface area (Å²) in [4.78, 5) is 21.2. The van der Waals surface area contributed by atoms with E-state index in [9.17, 15) is 20.0 Å². The predicted molar refractivity (Wildman–Crippen MR) is 73.9 cm³/mol. The number of nitrogens with two attached hydrogens (primary N) is 1. The Bertz CT molecular complexity index is 473. The van der Waals surface area contributed by atoms with Crippen LogP contribution < -0.4 is 11.1 Å². The van der Waals surface area contributed by atoms with E-state index in [1.807, 2.05) is 13.8 Å². The number of carbonyl (C=O) groups excluding carboxylic acids is 1. The number of hydrogen-bond donors (Lipinski definition) is 3. The molecule has 2 atom stereocenters. The number of aliphatic hydroxyl groups excluding tert-OH is 1. The topological polar surface area (TPSA) is 118 Å². The van der Waals surface area contributed by atoms with Crippen LogP contribution in [0.1, 0.15) is 25.5 Å². The molecule has 110 valence electrons. The third-order valence-corrected chi connectivity index (χ3v) is 2.99. The second-order valence-corrected chi connectivity index (χ2v) is 4.90. The van der Waals surface area contributed by atoms with Crippen molar-refractivity contribution in [2.75, 3.05) is 6.54 Å². The fourth-order valence-corrected chi connectivity index (χ4v) is 1.84. The van der Waals surface area contributed by atoms with Crippen LogP contribution in [0, 0.1) is 16.0 Å². The number of hydrogen-bond acceptors (Lipinski definition) is 5. The third-order valence-electron chi connectivity index (χ3n) is 2.99. The van der Waals surface area contributed by atoms with E-state index in [1.54, 1.807) is 0 Å². The molecule has 0 saturated heterocycles. The molecule has 1 amide bonds. The number of nitrogens with one attached hydrogen (secondary N) is 1. The Morgan fingerprint density at radius 1 is 1.40 bits per heavy atom. The molecule has 20 heavy (non-hydrogen) atoms. The van der Waals surface area contributed by atoms with Gasteiger partial charge in [0.2, 0.25) is 5.91 Å². The number of non-ortho nitro benzene ring substituents is 1. The van der Waals surface area contributed by atoms with Gasteiger partial charge in [-0.3, -0.25) is 14.9 Å². The molecule has 0 fully saturated rings. The van der Waals surface area contributed by atoms with Crippen molar-refractivity contribution in [3.63, 3.8) is 0 Å². The molecule has 0 radical (unpaired) electrons. The maximum absolute atomic E-state index is 11.2. The molecule has 0 aliphatic carbocycles. The summed E-state index contributed by atoms with van der Waals surface area (Å²) in [6.07, 6.45) is -0.864. The first-order chi connectivity index (χ1) is 9.32. The number of nitro benzene ring substituents is 1. The summed E-state index contributed by atoms with van der Waals surface area (Å²) >= 11 is 0. The fraction of sp³-hybridized carbons (Fsp3) is 0.462. The van der Waals surface area contributed by atoms with Gasteiger partial charge in [0.25, 0.3) is 5.69 Å². The minimum Gasteiger partial charge on any atom is -0.387 e. The molecule has 1 aromatic carbocycles. The van der Waals surface area contributed by atoms with Gasteiger partial charge in [-0.25, -0.2) is 0 Å². The van der Waals surface area contributed by atoms with Gasteiger partial charge in [-0.05, 0) is 23.6 Å². The molecular weight excluding hydrogens is 262 g/mol. The van der Waals surface area contributed by atoms with E-state index in [4.69, 9.17) is 5.73 Å². The molecule has 0 aliphatic rings. The zero-order chi connectivity index (χ0) is 15.3. The van der Waals surface area contributed by atoms with E-state index in [1.165, 1.54) is 24.3 Å². The molecule has 0 spiro atoms. The highest BCUT2D eigenvalue weighted by Gasteiger charge is 2.20. The Morgan fingerprint density at radius 2 is 1.95 bits per heavy atom. The number of rotatable bonds is 7. The maximum atomic E-state index is 11.2. The van der Waals surface area contributed by atoms with Gasteiger partial charge in [-0.1, -0.05) is 13.8 Å². The van der Waals surface area contributed by atoms with Gasteiger partial charge in [0.15, 0.2) is 0 Å². The summed E-state index contributed by atoms with van der Waals surface area (Å²) in [6.45, 7) is 3.84. The summed E-state index contributed by atoms with van der Waals surface area (Å²) in [5.41, 5.74) is 5.76. The molecular formula is C13H19N3O4. The van der Waals surface area contributed by atoms with Crippen LogP contribution in [0.4, 0.5) is 5.69 Å². The maximum Gasteiger partial charge on any atom is 0.269 e. The molecule has 4 N–H and O–H groups in total. The van der Waals surface area contributed by atoms with Crippen LogP contribution in [0.15, 0.2) is 24.3 Å². The van der Waals surface area contributed by atoms with Gasteiger partial charge in [-0.2, -0.15) is 0 Å². The van der Waals surface area contributed by atoms with Crippen LogP contribution in [0.2, 0.25) is 0 Å². The quantitative estimate of drug-likeness (QED) is 0.503. The first-order valence-corrected chi connectivity index (χ1v) is 6.28. The normalized spacial score (nSPS) is 14.0. The van der Waals surface area contributed by atoms with Crippen molar-refractivity contribution in [2.24, 2.45) is 11.7 Å². The Labute approximate surface area is 116 Å². The molecule has 2 unspecified atom stereocenters. The van der Waals surface area contributed by atoms with Crippen LogP contribution >= 0.6 is 0 Å². The summed E-state index contributed by atoms with van der Waals surface area (Å²) < 4.78 is 0. The number of amides is 1. The Balaban J connectivity index is 2.64. The van der Waals surface area contributed by atoms with E-state index in [0.717, 1.165) is 0 Å². The standard InChI is InChI=1S/C13H19N3O4/c1-8(2)12(13(14)18)15-7-11(17)9-3-5-10(6-4-9)16(19)20/h3-6,8,11-12,15,17H,7H2,1-2H3,(H2,14,18). The zero-order valence-corrected chi connectivity index (χ0v) is 11.4. The van der Waals surface area contributed by atoms with Crippen molar-refractivity contribution in [1.82, 2.24) is 5.32 Å². The predicted octanol–water partition coefficient (Wildman–Crippen LogP) is 0.728. The average molecular weight is 281 g/mol. The van der Waals surface area contributed by atoms with Gasteiger partial charge in [0.1, 0.15) is 0 Å². The number of nitrogens with zero attached hydrogens (tertiary/aromatic N) is 1. The third kappa shape index (κ3) is 4.29. The van der Waals surface area contributed by atoms with Gasteiger partial charge in [-0.15, -0.1) is 0 Å². The number of carbonyl (C=O) groups is 1. The van der Waals surface area contributed by atoms with Crippen molar-refractivity contribution in [2.45, 2.75) is 26.0 Å². The summed E-state index contributed by atoms with van der Waals surface area (Å²) in [6, 6.07) is 5.10.